The van der Waals surface area contributed by atoms with Crippen molar-refractivity contribution in [3.63, 3.8) is 0 Å². The van der Waals surface area contributed by atoms with Crippen molar-refractivity contribution < 1.29 is 14.7 Å². The number of nitrogens with zero attached hydrogens (tertiary/aromatic N) is 2. The van der Waals surface area contributed by atoms with Gasteiger partial charge in [0.15, 0.2) is 0 Å². The van der Waals surface area contributed by atoms with E-state index >= 15 is 0 Å². The van der Waals surface area contributed by atoms with Crippen LogP contribution in [0.1, 0.15) is 12.5 Å². The van der Waals surface area contributed by atoms with Crippen LogP contribution in [0, 0.1) is 6.92 Å². The molecule has 0 spiro atoms. The molecule has 0 fully saturated rings. The molecule has 0 atom stereocenters. The van der Waals surface area contributed by atoms with Crippen molar-refractivity contribution in [2.24, 2.45) is 0 Å². The number of carboxylic acid groups (broad SMARTS) is 1. The Bertz CT molecular complexity index is 428. The minimum Gasteiger partial charge on any atom is -0.480 e. The Morgan fingerprint density at radius 1 is 1.22 bits per heavy atom. The third kappa shape index (κ3) is 3.48. The van der Waals surface area contributed by atoms with Gasteiger partial charge in [-0.15, -0.1) is 0 Å². The van der Waals surface area contributed by atoms with E-state index in [0.29, 0.717) is 6.54 Å². The van der Waals surface area contributed by atoms with E-state index in [4.69, 9.17) is 5.11 Å². The van der Waals surface area contributed by atoms with Crippen molar-refractivity contribution in [2.75, 3.05) is 25.0 Å². The van der Waals surface area contributed by atoms with E-state index in [2.05, 4.69) is 0 Å². The molecular formula is C13H18N2O3. The molecule has 0 radical (unpaired) electrons. The Hall–Kier alpha value is -2.04. The number of aryl methyl sites for hydroxylation is 1. The summed E-state index contributed by atoms with van der Waals surface area (Å²) in [6.45, 7) is 4.01. The first-order valence-corrected chi connectivity index (χ1v) is 5.76. The van der Waals surface area contributed by atoms with Crippen molar-refractivity contribution in [2.45, 2.75) is 13.8 Å². The zero-order valence-corrected chi connectivity index (χ0v) is 10.9. The third-order valence-corrected chi connectivity index (χ3v) is 2.59. The van der Waals surface area contributed by atoms with E-state index in [-0.39, 0.29) is 12.6 Å². The maximum Gasteiger partial charge on any atom is 0.324 e. The quantitative estimate of drug-likeness (QED) is 0.888. The molecule has 1 N–H and O–H groups in total. The number of rotatable bonds is 4. The second-order valence-electron chi connectivity index (χ2n) is 4.11. The fourth-order valence-corrected chi connectivity index (χ4v) is 1.63. The van der Waals surface area contributed by atoms with Gasteiger partial charge in [0, 0.05) is 19.3 Å². The van der Waals surface area contributed by atoms with Gasteiger partial charge in [-0.3, -0.25) is 9.69 Å². The van der Waals surface area contributed by atoms with Crippen molar-refractivity contribution in [1.29, 1.82) is 0 Å². The highest BCUT2D eigenvalue weighted by atomic mass is 16.4. The van der Waals surface area contributed by atoms with E-state index < -0.39 is 5.97 Å². The fourth-order valence-electron chi connectivity index (χ4n) is 1.63. The molecule has 0 aromatic heterocycles. The summed E-state index contributed by atoms with van der Waals surface area (Å²) in [7, 11) is 1.48. The van der Waals surface area contributed by atoms with Crippen LogP contribution < -0.4 is 4.90 Å². The second-order valence-corrected chi connectivity index (χ2v) is 4.11. The van der Waals surface area contributed by atoms with E-state index in [9.17, 15) is 9.59 Å². The monoisotopic (exact) mass is 250 g/mol. The molecule has 0 aliphatic rings. The van der Waals surface area contributed by atoms with Gasteiger partial charge in [-0.05, 0) is 26.0 Å². The van der Waals surface area contributed by atoms with Gasteiger partial charge in [0.1, 0.15) is 6.54 Å². The summed E-state index contributed by atoms with van der Waals surface area (Å²) >= 11 is 0. The molecule has 0 saturated heterocycles. The smallest absolute Gasteiger partial charge is 0.324 e. The van der Waals surface area contributed by atoms with Crippen LogP contribution in [0.4, 0.5) is 10.5 Å². The van der Waals surface area contributed by atoms with Gasteiger partial charge in [0.05, 0.1) is 0 Å². The van der Waals surface area contributed by atoms with Crippen molar-refractivity contribution in [1.82, 2.24) is 4.90 Å². The van der Waals surface area contributed by atoms with E-state index in [0.717, 1.165) is 11.3 Å². The lowest BCUT2D eigenvalue weighted by molar-refractivity contribution is -0.137. The number of anilines is 1. The SMILES string of the molecule is CCN(C(=O)N(C)CC(=O)O)c1ccc(C)cc1. The highest BCUT2D eigenvalue weighted by Crippen LogP contribution is 2.16. The summed E-state index contributed by atoms with van der Waals surface area (Å²) in [6.07, 6.45) is 0. The number of hydrogen-bond donors (Lipinski definition) is 1. The minimum atomic E-state index is -1.02. The van der Waals surface area contributed by atoms with Crippen LogP contribution >= 0.6 is 0 Å². The molecule has 1 rings (SSSR count). The molecular weight excluding hydrogens is 232 g/mol. The highest BCUT2D eigenvalue weighted by molar-refractivity contribution is 5.93. The first-order chi connectivity index (χ1) is 8.45. The molecule has 0 bridgehead atoms. The number of hydrogen-bond acceptors (Lipinski definition) is 2. The molecule has 0 aliphatic heterocycles. The maximum atomic E-state index is 12.1. The standard InChI is InChI=1S/C13H18N2O3/c1-4-15(11-7-5-10(2)6-8-11)13(18)14(3)9-12(16)17/h5-8H,4,9H2,1-3H3,(H,16,17). The molecule has 0 heterocycles. The van der Waals surface area contributed by atoms with Gasteiger partial charge < -0.3 is 10.0 Å². The van der Waals surface area contributed by atoms with Crippen molar-refractivity contribution in [3.8, 4) is 0 Å². The number of carboxylic acids is 1. The number of aliphatic carboxylic acids is 1. The Labute approximate surface area is 107 Å². The normalized spacial score (nSPS) is 9.94. The molecule has 1 aromatic rings. The molecule has 0 unspecified atom stereocenters. The average Bonchev–Trinajstić information content (AvgIpc) is 2.31. The van der Waals surface area contributed by atoms with E-state index in [1.54, 1.807) is 4.90 Å². The molecule has 2 amide bonds. The summed E-state index contributed by atoms with van der Waals surface area (Å²) in [6, 6.07) is 7.23. The molecule has 98 valence electrons. The number of amides is 2. The second kappa shape index (κ2) is 6.05. The summed E-state index contributed by atoms with van der Waals surface area (Å²) in [5.41, 5.74) is 1.88. The van der Waals surface area contributed by atoms with Crippen molar-refractivity contribution in [3.05, 3.63) is 29.8 Å². The van der Waals surface area contributed by atoms with E-state index in [1.807, 2.05) is 38.1 Å². The van der Waals surface area contributed by atoms with Gasteiger partial charge in [0.25, 0.3) is 0 Å². The summed E-state index contributed by atoms with van der Waals surface area (Å²) in [5.74, 6) is -1.02. The van der Waals surface area contributed by atoms with Crippen LogP contribution in [-0.2, 0) is 4.79 Å². The minimum absolute atomic E-state index is 0.304. The maximum absolute atomic E-state index is 12.1. The fraction of sp³-hybridized carbons (Fsp3) is 0.385. The topological polar surface area (TPSA) is 60.9 Å². The summed E-state index contributed by atoms with van der Waals surface area (Å²) < 4.78 is 0. The molecule has 0 aliphatic carbocycles. The van der Waals surface area contributed by atoms with Crippen LogP contribution in [0.2, 0.25) is 0 Å². The van der Waals surface area contributed by atoms with Crippen LogP contribution in [0.25, 0.3) is 0 Å². The summed E-state index contributed by atoms with van der Waals surface area (Å²) in [4.78, 5) is 25.4. The van der Waals surface area contributed by atoms with Crippen LogP contribution in [0.15, 0.2) is 24.3 Å². The van der Waals surface area contributed by atoms with Gasteiger partial charge in [-0.25, -0.2) is 4.79 Å². The van der Waals surface area contributed by atoms with Gasteiger partial charge in [0.2, 0.25) is 0 Å². The van der Waals surface area contributed by atoms with Gasteiger partial charge in [-0.2, -0.15) is 0 Å². The lowest BCUT2D eigenvalue weighted by Gasteiger charge is -2.26. The predicted molar refractivity (Wildman–Crippen MR) is 69.9 cm³/mol. The van der Waals surface area contributed by atoms with Crippen LogP contribution in [0.5, 0.6) is 0 Å². The first kappa shape index (κ1) is 14.0. The largest absolute Gasteiger partial charge is 0.480 e. The Balaban J connectivity index is 2.86. The molecule has 5 nitrogen and oxygen atoms in total. The van der Waals surface area contributed by atoms with Gasteiger partial charge >= 0.3 is 12.0 Å². The van der Waals surface area contributed by atoms with Crippen LogP contribution in [0.3, 0.4) is 0 Å². The zero-order chi connectivity index (χ0) is 13.7. The lowest BCUT2D eigenvalue weighted by Crippen LogP contribution is -2.43. The summed E-state index contributed by atoms with van der Waals surface area (Å²) in [5, 5.41) is 8.68. The van der Waals surface area contributed by atoms with Crippen LogP contribution in [-0.4, -0.2) is 42.1 Å². The number of likely N-dealkylation sites (N-methyl/N-ethyl adjacent to an activating group) is 1. The molecule has 0 saturated carbocycles. The third-order valence-electron chi connectivity index (χ3n) is 2.59. The Kier molecular flexibility index (Phi) is 4.71. The number of carbonyl (C=O) groups is 2. The van der Waals surface area contributed by atoms with E-state index in [1.165, 1.54) is 11.9 Å². The van der Waals surface area contributed by atoms with Crippen molar-refractivity contribution >= 4 is 17.7 Å². The average molecular weight is 250 g/mol. The molecule has 18 heavy (non-hydrogen) atoms. The Morgan fingerprint density at radius 3 is 2.22 bits per heavy atom. The molecule has 1 aromatic carbocycles. The first-order valence-electron chi connectivity index (χ1n) is 5.76. The predicted octanol–water partition coefficient (Wildman–Crippen LogP) is 1.96. The number of benzene rings is 1. The molecule has 5 heteroatoms. The zero-order valence-electron chi connectivity index (χ0n) is 10.9. The number of carbonyl (C=O) groups excluding carboxylic acids is 1. The number of urea groups is 1. The van der Waals surface area contributed by atoms with Gasteiger partial charge in [-0.1, -0.05) is 17.7 Å². The lowest BCUT2D eigenvalue weighted by atomic mass is 10.2. The highest BCUT2D eigenvalue weighted by Gasteiger charge is 2.19. The Morgan fingerprint density at radius 2 is 1.78 bits per heavy atom.